The van der Waals surface area contributed by atoms with Gasteiger partial charge in [0.05, 0.1) is 34.6 Å². The van der Waals surface area contributed by atoms with Gasteiger partial charge in [-0.05, 0) is 37.6 Å². The smallest absolute Gasteiger partial charge is 0.245 e. The highest BCUT2D eigenvalue weighted by Crippen LogP contribution is 2.28. The minimum absolute atomic E-state index is 0.0795. The van der Waals surface area contributed by atoms with Crippen LogP contribution in [0.15, 0.2) is 36.4 Å². The van der Waals surface area contributed by atoms with Crippen LogP contribution >= 0.6 is 0 Å². The fraction of sp³-hybridized carbons (Fsp3) is 0.316. The molecule has 3 N–H and O–H groups in total. The molecule has 31 heavy (non-hydrogen) atoms. The van der Waals surface area contributed by atoms with E-state index in [2.05, 4.69) is 19.7 Å². The van der Waals surface area contributed by atoms with E-state index in [0.29, 0.717) is 34.6 Å². The van der Waals surface area contributed by atoms with E-state index in [4.69, 9.17) is 10.5 Å². The Morgan fingerprint density at radius 1 is 1.19 bits per heavy atom. The Bertz CT molecular complexity index is 1360. The van der Waals surface area contributed by atoms with E-state index in [9.17, 15) is 16.8 Å². The Labute approximate surface area is 179 Å². The van der Waals surface area contributed by atoms with Crippen LogP contribution in [0, 0.1) is 0 Å². The second-order valence-corrected chi connectivity index (χ2v) is 11.3. The van der Waals surface area contributed by atoms with Gasteiger partial charge in [-0.2, -0.15) is 4.98 Å². The largest absolute Gasteiger partial charge is 0.476 e. The average Bonchev–Trinajstić information content (AvgIpc) is 3.08. The molecular formula is C19H21N5O5S2. The molecule has 4 rings (SSSR count). The third kappa shape index (κ3) is 4.54. The summed E-state index contributed by atoms with van der Waals surface area (Å²) in [6, 6.07) is 10.2. The summed E-state index contributed by atoms with van der Waals surface area (Å²) in [6.45, 7) is 2.20. The standard InChI is InChI=1S/C19H21N5O5S2/c1-2-29-18-17-16(22-19(20)23-18)7-6-15(21-17)12-4-3-5-13(10-12)24-31(27,28)14-8-9-30(25,26)11-14/h3-7,10,14,24H,2,8-9,11H2,1H3,(H2,20,22,23). The number of nitrogens with two attached hydrogens (primary N) is 1. The van der Waals surface area contributed by atoms with Crippen molar-refractivity contribution in [3.63, 3.8) is 0 Å². The molecule has 1 saturated heterocycles. The molecule has 12 heteroatoms. The van der Waals surface area contributed by atoms with Crippen LogP contribution in [0.3, 0.4) is 0 Å². The molecule has 10 nitrogen and oxygen atoms in total. The first-order valence-electron chi connectivity index (χ1n) is 9.56. The van der Waals surface area contributed by atoms with Crippen LogP contribution in [0.5, 0.6) is 5.88 Å². The predicted molar refractivity (Wildman–Crippen MR) is 118 cm³/mol. The summed E-state index contributed by atoms with van der Waals surface area (Å²) in [4.78, 5) is 12.8. The van der Waals surface area contributed by atoms with Crippen molar-refractivity contribution < 1.29 is 21.6 Å². The summed E-state index contributed by atoms with van der Waals surface area (Å²) in [5.74, 6) is -0.131. The number of hydrogen-bond donors (Lipinski definition) is 2. The third-order valence-electron chi connectivity index (χ3n) is 4.86. The molecule has 3 heterocycles. The van der Waals surface area contributed by atoms with Gasteiger partial charge in [-0.25, -0.2) is 26.8 Å². The third-order valence-corrected chi connectivity index (χ3v) is 8.64. The monoisotopic (exact) mass is 463 g/mol. The summed E-state index contributed by atoms with van der Waals surface area (Å²) < 4.78 is 56.6. The minimum Gasteiger partial charge on any atom is -0.476 e. The highest BCUT2D eigenvalue weighted by molar-refractivity contribution is 7.97. The number of sulfonamides is 1. The van der Waals surface area contributed by atoms with Crippen molar-refractivity contribution in [3.8, 4) is 17.1 Å². The molecule has 0 amide bonds. The molecule has 1 aliphatic rings. The molecule has 1 atom stereocenters. The first-order chi connectivity index (χ1) is 14.7. The normalized spacial score (nSPS) is 18.2. The van der Waals surface area contributed by atoms with Crippen LogP contribution in [0.2, 0.25) is 0 Å². The number of aromatic nitrogens is 3. The fourth-order valence-electron chi connectivity index (χ4n) is 3.40. The second kappa shape index (κ2) is 7.93. The van der Waals surface area contributed by atoms with Gasteiger partial charge in [0.1, 0.15) is 0 Å². The maximum absolute atomic E-state index is 12.6. The van der Waals surface area contributed by atoms with Crippen molar-refractivity contribution in [2.24, 2.45) is 0 Å². The molecule has 164 valence electrons. The van der Waals surface area contributed by atoms with E-state index in [1.54, 1.807) is 36.4 Å². The van der Waals surface area contributed by atoms with Gasteiger partial charge in [0.15, 0.2) is 15.4 Å². The number of benzene rings is 1. The van der Waals surface area contributed by atoms with E-state index in [-0.39, 0.29) is 29.8 Å². The van der Waals surface area contributed by atoms with Gasteiger partial charge in [-0.3, -0.25) is 4.72 Å². The summed E-state index contributed by atoms with van der Waals surface area (Å²) in [6.07, 6.45) is 0.0902. The van der Waals surface area contributed by atoms with Crippen molar-refractivity contribution in [2.45, 2.75) is 18.6 Å². The Hall–Kier alpha value is -2.99. The predicted octanol–water partition coefficient (Wildman–Crippen LogP) is 1.60. The zero-order valence-corrected chi connectivity index (χ0v) is 18.3. The first-order valence-corrected chi connectivity index (χ1v) is 12.9. The van der Waals surface area contributed by atoms with Crippen molar-refractivity contribution in [2.75, 3.05) is 28.6 Å². The zero-order chi connectivity index (χ0) is 22.2. The van der Waals surface area contributed by atoms with Gasteiger partial charge in [-0.1, -0.05) is 12.1 Å². The minimum atomic E-state index is -3.84. The average molecular weight is 464 g/mol. The van der Waals surface area contributed by atoms with Crippen LogP contribution in [0.25, 0.3) is 22.3 Å². The summed E-state index contributed by atoms with van der Waals surface area (Å²) in [5.41, 5.74) is 8.22. The SMILES string of the molecule is CCOc1nc(N)nc2ccc(-c3cccc(NS(=O)(=O)C4CCS(=O)(=O)C4)c3)nc12. The Morgan fingerprint density at radius 2 is 2.00 bits per heavy atom. The summed E-state index contributed by atoms with van der Waals surface area (Å²) >= 11 is 0. The molecule has 0 bridgehead atoms. The molecule has 3 aromatic rings. The van der Waals surface area contributed by atoms with Crippen LogP contribution in [-0.2, 0) is 19.9 Å². The van der Waals surface area contributed by atoms with Crippen LogP contribution < -0.4 is 15.2 Å². The maximum Gasteiger partial charge on any atom is 0.245 e. The topological polar surface area (TPSA) is 154 Å². The van der Waals surface area contributed by atoms with Gasteiger partial charge in [0.2, 0.25) is 21.9 Å². The number of fused-ring (bicyclic) bond motifs is 1. The molecule has 0 saturated carbocycles. The van der Waals surface area contributed by atoms with E-state index in [0.717, 1.165) is 0 Å². The quantitative estimate of drug-likeness (QED) is 0.554. The number of hydrogen-bond acceptors (Lipinski definition) is 9. The molecule has 1 unspecified atom stereocenters. The number of pyridine rings is 1. The molecular weight excluding hydrogens is 442 g/mol. The number of rotatable bonds is 6. The van der Waals surface area contributed by atoms with Crippen LogP contribution in [-0.4, -0.2) is 55.2 Å². The van der Waals surface area contributed by atoms with E-state index in [1.807, 2.05) is 6.92 Å². The van der Waals surface area contributed by atoms with Gasteiger partial charge >= 0.3 is 0 Å². The molecule has 0 aliphatic carbocycles. The lowest BCUT2D eigenvalue weighted by Gasteiger charge is -2.13. The molecule has 1 fully saturated rings. The number of nitrogens with zero attached hydrogens (tertiary/aromatic N) is 3. The number of nitrogen functional groups attached to an aromatic ring is 1. The van der Waals surface area contributed by atoms with E-state index in [1.165, 1.54) is 0 Å². The second-order valence-electron chi connectivity index (χ2n) is 7.14. The highest BCUT2D eigenvalue weighted by atomic mass is 32.2. The number of anilines is 2. The summed E-state index contributed by atoms with van der Waals surface area (Å²) in [5, 5.41) is -0.962. The Morgan fingerprint density at radius 3 is 2.71 bits per heavy atom. The van der Waals surface area contributed by atoms with Crippen LogP contribution in [0.1, 0.15) is 13.3 Å². The molecule has 1 aromatic carbocycles. The summed E-state index contributed by atoms with van der Waals surface area (Å²) in [7, 11) is -7.16. The Balaban J connectivity index is 1.66. The van der Waals surface area contributed by atoms with E-state index >= 15 is 0 Å². The van der Waals surface area contributed by atoms with Crippen molar-refractivity contribution in [3.05, 3.63) is 36.4 Å². The lowest BCUT2D eigenvalue weighted by atomic mass is 10.1. The Kier molecular flexibility index (Phi) is 5.43. The highest BCUT2D eigenvalue weighted by Gasteiger charge is 2.37. The van der Waals surface area contributed by atoms with Crippen molar-refractivity contribution in [1.82, 2.24) is 15.0 Å². The fourth-order valence-corrected chi connectivity index (χ4v) is 7.48. The molecule has 2 aromatic heterocycles. The van der Waals surface area contributed by atoms with Gasteiger partial charge in [-0.15, -0.1) is 0 Å². The zero-order valence-electron chi connectivity index (χ0n) is 16.6. The van der Waals surface area contributed by atoms with Crippen molar-refractivity contribution >= 4 is 42.5 Å². The van der Waals surface area contributed by atoms with E-state index < -0.39 is 25.1 Å². The molecule has 0 radical (unpaired) electrons. The van der Waals surface area contributed by atoms with Crippen molar-refractivity contribution in [1.29, 1.82) is 0 Å². The van der Waals surface area contributed by atoms with Crippen LogP contribution in [0.4, 0.5) is 11.6 Å². The lowest BCUT2D eigenvalue weighted by Crippen LogP contribution is -2.28. The number of ether oxygens (including phenoxy) is 1. The maximum atomic E-state index is 12.6. The van der Waals surface area contributed by atoms with Gasteiger partial charge < -0.3 is 10.5 Å². The number of nitrogens with one attached hydrogen (secondary N) is 1. The molecule has 1 aliphatic heterocycles. The van der Waals surface area contributed by atoms with Gasteiger partial charge in [0, 0.05) is 11.3 Å². The first kappa shape index (κ1) is 21.2. The number of sulfone groups is 1. The van der Waals surface area contributed by atoms with Gasteiger partial charge in [0.25, 0.3) is 0 Å². The molecule has 0 spiro atoms. The lowest BCUT2D eigenvalue weighted by molar-refractivity contribution is 0.330.